The maximum atomic E-state index is 12.2. The Morgan fingerprint density at radius 3 is 2.69 bits per heavy atom. The minimum atomic E-state index is -0.0187. The van der Waals surface area contributed by atoms with Gasteiger partial charge in [-0.3, -0.25) is 4.79 Å². The highest BCUT2D eigenvalue weighted by Crippen LogP contribution is 2.29. The van der Waals surface area contributed by atoms with E-state index in [-0.39, 0.29) is 5.91 Å². The molecule has 0 saturated carbocycles. The number of thiophene rings is 1. The number of hydrogen-bond acceptors (Lipinski definition) is 4. The second-order valence-electron chi connectivity index (χ2n) is 5.87. The number of halogens is 1. The summed E-state index contributed by atoms with van der Waals surface area (Å²) in [6.07, 6.45) is 1.08. The lowest BCUT2D eigenvalue weighted by molar-refractivity contribution is -0.120. The van der Waals surface area contributed by atoms with E-state index in [0.29, 0.717) is 24.5 Å². The topological polar surface area (TPSA) is 47.6 Å². The van der Waals surface area contributed by atoms with Crippen LogP contribution in [0.15, 0.2) is 41.8 Å². The van der Waals surface area contributed by atoms with Crippen LogP contribution in [0.3, 0.4) is 0 Å². The monoisotopic (exact) mass is 389 g/mol. The summed E-state index contributed by atoms with van der Waals surface area (Å²) >= 11 is 7.78. The lowest BCUT2D eigenvalue weighted by atomic mass is 10.1. The molecule has 3 rings (SSSR count). The van der Waals surface area contributed by atoms with Gasteiger partial charge in [0.25, 0.3) is 0 Å². The zero-order chi connectivity index (χ0) is 18.5. The Morgan fingerprint density at radius 1 is 1.12 bits per heavy atom. The highest BCUT2D eigenvalue weighted by Gasteiger charge is 2.09. The second kappa shape index (κ2) is 8.43. The number of amides is 1. The van der Waals surface area contributed by atoms with Crippen molar-refractivity contribution >= 4 is 38.9 Å². The fourth-order valence-electron chi connectivity index (χ4n) is 2.82. The van der Waals surface area contributed by atoms with Crippen molar-refractivity contribution in [3.8, 4) is 11.5 Å². The largest absolute Gasteiger partial charge is 0.493 e. The van der Waals surface area contributed by atoms with E-state index in [9.17, 15) is 4.79 Å². The Bertz CT molecular complexity index is 923. The van der Waals surface area contributed by atoms with Crippen molar-refractivity contribution in [3.63, 3.8) is 0 Å². The average Bonchev–Trinajstić information content (AvgIpc) is 3.03. The third-order valence-electron chi connectivity index (χ3n) is 4.14. The van der Waals surface area contributed by atoms with Gasteiger partial charge in [0, 0.05) is 16.3 Å². The quantitative estimate of drug-likeness (QED) is 0.648. The predicted octanol–water partition coefficient (Wildman–Crippen LogP) is 4.47. The molecular formula is C20H20ClNO3S. The molecule has 0 radical (unpaired) electrons. The molecule has 0 aliphatic heterocycles. The molecule has 6 heteroatoms. The lowest BCUT2D eigenvalue weighted by Crippen LogP contribution is -2.27. The summed E-state index contributed by atoms with van der Waals surface area (Å²) in [5, 5.41) is 7.00. The van der Waals surface area contributed by atoms with Crippen LogP contribution in [0.2, 0.25) is 5.02 Å². The Kier molecular flexibility index (Phi) is 6.01. The summed E-state index contributed by atoms with van der Waals surface area (Å²) in [5.41, 5.74) is 2.09. The van der Waals surface area contributed by atoms with Crippen LogP contribution in [-0.4, -0.2) is 26.7 Å². The number of nitrogens with one attached hydrogen (secondary N) is 1. The molecule has 3 aromatic rings. The molecule has 1 aromatic heterocycles. The van der Waals surface area contributed by atoms with Gasteiger partial charge < -0.3 is 14.8 Å². The van der Waals surface area contributed by atoms with E-state index in [1.165, 1.54) is 10.3 Å². The lowest BCUT2D eigenvalue weighted by Gasteiger charge is -2.10. The molecule has 0 aliphatic carbocycles. The highest BCUT2D eigenvalue weighted by molar-refractivity contribution is 7.17. The van der Waals surface area contributed by atoms with Gasteiger partial charge in [0.1, 0.15) is 0 Å². The summed E-state index contributed by atoms with van der Waals surface area (Å²) in [7, 11) is 3.17. The molecule has 1 amide bonds. The minimum Gasteiger partial charge on any atom is -0.493 e. The smallest absolute Gasteiger partial charge is 0.224 e. The zero-order valence-corrected chi connectivity index (χ0v) is 16.2. The van der Waals surface area contributed by atoms with Crippen LogP contribution >= 0.6 is 22.9 Å². The molecule has 0 unspecified atom stereocenters. The van der Waals surface area contributed by atoms with Gasteiger partial charge in [0.15, 0.2) is 11.5 Å². The number of ether oxygens (including phenoxy) is 2. The first-order valence-corrected chi connectivity index (χ1v) is 9.49. The van der Waals surface area contributed by atoms with Gasteiger partial charge in [-0.15, -0.1) is 11.3 Å². The van der Waals surface area contributed by atoms with E-state index in [4.69, 9.17) is 21.1 Å². The summed E-state index contributed by atoms with van der Waals surface area (Å²) in [6, 6.07) is 11.4. The third kappa shape index (κ3) is 4.29. The average molecular weight is 390 g/mol. The van der Waals surface area contributed by atoms with Crippen LogP contribution < -0.4 is 14.8 Å². The van der Waals surface area contributed by atoms with Crippen molar-refractivity contribution in [3.05, 3.63) is 57.9 Å². The molecule has 26 heavy (non-hydrogen) atoms. The summed E-state index contributed by atoms with van der Waals surface area (Å²) in [6.45, 7) is 0.588. The van der Waals surface area contributed by atoms with E-state index in [1.54, 1.807) is 25.6 Å². The van der Waals surface area contributed by atoms with E-state index < -0.39 is 0 Å². The van der Waals surface area contributed by atoms with Gasteiger partial charge in [0.2, 0.25) is 5.91 Å². The van der Waals surface area contributed by atoms with Crippen molar-refractivity contribution in [2.24, 2.45) is 0 Å². The highest BCUT2D eigenvalue weighted by atomic mass is 35.5. The number of hydrogen-bond donors (Lipinski definition) is 1. The minimum absolute atomic E-state index is 0.0187. The molecule has 0 aliphatic rings. The molecule has 0 atom stereocenters. The van der Waals surface area contributed by atoms with Gasteiger partial charge in [-0.05, 0) is 58.6 Å². The zero-order valence-electron chi connectivity index (χ0n) is 14.7. The summed E-state index contributed by atoms with van der Waals surface area (Å²) in [5.74, 6) is 1.26. The molecule has 0 saturated heterocycles. The van der Waals surface area contributed by atoms with Gasteiger partial charge in [0.05, 0.1) is 20.6 Å². The maximum absolute atomic E-state index is 12.2. The molecule has 2 aromatic carbocycles. The second-order valence-corrected chi connectivity index (χ2v) is 7.22. The van der Waals surface area contributed by atoms with Crippen LogP contribution in [0.25, 0.3) is 10.1 Å². The molecule has 0 spiro atoms. The van der Waals surface area contributed by atoms with Crippen molar-refractivity contribution < 1.29 is 14.3 Å². The molecule has 0 fully saturated rings. The van der Waals surface area contributed by atoms with E-state index in [0.717, 1.165) is 22.4 Å². The molecule has 4 nitrogen and oxygen atoms in total. The molecular weight excluding hydrogens is 370 g/mol. The van der Waals surface area contributed by atoms with Crippen LogP contribution in [0.1, 0.15) is 11.1 Å². The number of carbonyl (C=O) groups is 1. The Morgan fingerprint density at radius 2 is 1.92 bits per heavy atom. The molecule has 1 N–H and O–H groups in total. The van der Waals surface area contributed by atoms with E-state index in [1.807, 2.05) is 36.4 Å². The fourth-order valence-corrected chi connectivity index (χ4v) is 3.97. The van der Waals surface area contributed by atoms with E-state index in [2.05, 4.69) is 10.7 Å². The first-order chi connectivity index (χ1) is 12.6. The standard InChI is InChI=1S/C20H20ClNO3S/c1-24-17-5-3-13(9-18(17)25-2)10-20(23)22-8-7-14-12-26-19-6-4-15(21)11-16(14)19/h3-6,9,11-12H,7-8,10H2,1-2H3,(H,22,23). The normalized spacial score (nSPS) is 10.7. The SMILES string of the molecule is COc1ccc(CC(=O)NCCc2csc3ccc(Cl)cc23)cc1OC. The maximum Gasteiger partial charge on any atom is 0.224 e. The van der Waals surface area contributed by atoms with Crippen molar-refractivity contribution in [2.45, 2.75) is 12.8 Å². The molecule has 0 bridgehead atoms. The summed E-state index contributed by atoms with van der Waals surface area (Å²) in [4.78, 5) is 12.2. The molecule has 136 valence electrons. The van der Waals surface area contributed by atoms with Gasteiger partial charge >= 0.3 is 0 Å². The Labute approximate surface area is 161 Å². The van der Waals surface area contributed by atoms with Gasteiger partial charge in [-0.1, -0.05) is 17.7 Å². The van der Waals surface area contributed by atoms with Gasteiger partial charge in [-0.25, -0.2) is 0 Å². The molecule has 1 heterocycles. The van der Waals surface area contributed by atoms with Crippen LogP contribution in [0, 0.1) is 0 Å². The number of rotatable bonds is 7. The number of methoxy groups -OCH3 is 2. The van der Waals surface area contributed by atoms with Crippen LogP contribution in [0.4, 0.5) is 0 Å². The van der Waals surface area contributed by atoms with Crippen LogP contribution in [0.5, 0.6) is 11.5 Å². The first-order valence-electron chi connectivity index (χ1n) is 8.24. The first kappa shape index (κ1) is 18.5. The van der Waals surface area contributed by atoms with Crippen LogP contribution in [-0.2, 0) is 17.6 Å². The third-order valence-corrected chi connectivity index (χ3v) is 5.39. The van der Waals surface area contributed by atoms with Gasteiger partial charge in [-0.2, -0.15) is 0 Å². The predicted molar refractivity (Wildman–Crippen MR) is 107 cm³/mol. The van der Waals surface area contributed by atoms with Crippen molar-refractivity contribution in [1.82, 2.24) is 5.32 Å². The fraction of sp³-hybridized carbons (Fsp3) is 0.250. The van der Waals surface area contributed by atoms with Crippen molar-refractivity contribution in [1.29, 1.82) is 0 Å². The van der Waals surface area contributed by atoms with E-state index >= 15 is 0 Å². The number of fused-ring (bicyclic) bond motifs is 1. The number of carbonyl (C=O) groups excluding carboxylic acids is 1. The Hall–Kier alpha value is -2.24. The number of benzene rings is 2. The summed E-state index contributed by atoms with van der Waals surface area (Å²) < 4.78 is 11.7. The Balaban J connectivity index is 1.56. The van der Waals surface area contributed by atoms with Crippen molar-refractivity contribution in [2.75, 3.05) is 20.8 Å².